The third-order valence-electron chi connectivity index (χ3n) is 4.44. The van der Waals surface area contributed by atoms with Gasteiger partial charge >= 0.3 is 0 Å². The molecule has 2 saturated carbocycles. The molecule has 2 rings (SSSR count). The highest BCUT2D eigenvalue weighted by atomic mass is 16.5. The fraction of sp³-hybridized carbons (Fsp3) is 0.929. The van der Waals surface area contributed by atoms with Gasteiger partial charge in [-0.3, -0.25) is 0 Å². The maximum absolute atomic E-state index is 9.27. The zero-order valence-electron chi connectivity index (χ0n) is 10.9. The molecule has 2 aliphatic carbocycles. The van der Waals surface area contributed by atoms with Crippen molar-refractivity contribution in [1.82, 2.24) is 5.32 Å². The highest BCUT2D eigenvalue weighted by Gasteiger charge is 2.35. The van der Waals surface area contributed by atoms with Gasteiger partial charge in [0.25, 0.3) is 0 Å². The molecule has 0 aromatic rings. The van der Waals surface area contributed by atoms with Crippen molar-refractivity contribution in [2.24, 2.45) is 5.92 Å². The minimum Gasteiger partial charge on any atom is -0.378 e. The number of hydrogen-bond donors (Lipinski definition) is 1. The molecular weight excluding hydrogens is 212 g/mol. The van der Waals surface area contributed by atoms with E-state index in [0.29, 0.717) is 0 Å². The minimum absolute atomic E-state index is 0.288. The van der Waals surface area contributed by atoms with Gasteiger partial charge in [0.1, 0.15) is 5.54 Å². The molecule has 0 amide bonds. The SMILES string of the molecule is CNC1(C#N)CCCC(OCC2CCCC2)C1. The predicted molar refractivity (Wildman–Crippen MR) is 67.6 cm³/mol. The summed E-state index contributed by atoms with van der Waals surface area (Å²) in [6.07, 6.45) is 9.74. The van der Waals surface area contributed by atoms with Crippen LogP contribution < -0.4 is 5.32 Å². The maximum atomic E-state index is 9.27. The number of nitrogens with one attached hydrogen (secondary N) is 1. The maximum Gasteiger partial charge on any atom is 0.109 e. The van der Waals surface area contributed by atoms with Crippen molar-refractivity contribution < 1.29 is 4.74 Å². The lowest BCUT2D eigenvalue weighted by Gasteiger charge is -2.35. The monoisotopic (exact) mass is 236 g/mol. The normalized spacial score (nSPS) is 34.7. The van der Waals surface area contributed by atoms with E-state index >= 15 is 0 Å². The second-order valence-corrected chi connectivity index (χ2v) is 5.65. The Hall–Kier alpha value is -0.590. The van der Waals surface area contributed by atoms with E-state index in [9.17, 15) is 5.26 Å². The van der Waals surface area contributed by atoms with E-state index in [-0.39, 0.29) is 11.6 Å². The van der Waals surface area contributed by atoms with Crippen LogP contribution in [0.25, 0.3) is 0 Å². The third kappa shape index (κ3) is 3.20. The van der Waals surface area contributed by atoms with E-state index in [4.69, 9.17) is 4.74 Å². The second kappa shape index (κ2) is 5.84. The summed E-state index contributed by atoms with van der Waals surface area (Å²) in [5.74, 6) is 0.781. The molecule has 2 fully saturated rings. The summed E-state index contributed by atoms with van der Waals surface area (Å²) >= 11 is 0. The molecule has 96 valence electrons. The Morgan fingerprint density at radius 1 is 1.29 bits per heavy atom. The van der Waals surface area contributed by atoms with Crippen LogP contribution in [0, 0.1) is 17.2 Å². The van der Waals surface area contributed by atoms with Gasteiger partial charge in [-0.15, -0.1) is 0 Å². The van der Waals surface area contributed by atoms with Crippen molar-refractivity contribution >= 4 is 0 Å². The van der Waals surface area contributed by atoms with Crippen molar-refractivity contribution in [3.8, 4) is 6.07 Å². The molecule has 0 bridgehead atoms. The summed E-state index contributed by atoms with van der Waals surface area (Å²) in [5.41, 5.74) is -0.335. The summed E-state index contributed by atoms with van der Waals surface area (Å²) in [6.45, 7) is 0.913. The minimum atomic E-state index is -0.335. The highest BCUT2D eigenvalue weighted by molar-refractivity contribution is 5.09. The van der Waals surface area contributed by atoms with Gasteiger partial charge in [-0.05, 0) is 45.1 Å². The quantitative estimate of drug-likeness (QED) is 0.816. The van der Waals surface area contributed by atoms with Gasteiger partial charge in [0.2, 0.25) is 0 Å². The van der Waals surface area contributed by atoms with Gasteiger partial charge in [0, 0.05) is 13.0 Å². The molecule has 2 atom stereocenters. The Labute approximate surface area is 105 Å². The van der Waals surface area contributed by atoms with Gasteiger partial charge in [-0.1, -0.05) is 12.8 Å². The number of hydrogen-bond acceptors (Lipinski definition) is 3. The van der Waals surface area contributed by atoms with Crippen LogP contribution in [0.3, 0.4) is 0 Å². The van der Waals surface area contributed by atoms with Crippen molar-refractivity contribution in [2.45, 2.75) is 63.0 Å². The van der Waals surface area contributed by atoms with Crippen molar-refractivity contribution in [3.63, 3.8) is 0 Å². The van der Waals surface area contributed by atoms with Crippen LogP contribution in [0.1, 0.15) is 51.4 Å². The molecule has 1 N–H and O–H groups in total. The molecule has 0 saturated heterocycles. The zero-order chi connectivity index (χ0) is 12.1. The first kappa shape index (κ1) is 12.9. The van der Waals surface area contributed by atoms with Crippen molar-refractivity contribution in [3.05, 3.63) is 0 Å². The molecule has 3 nitrogen and oxygen atoms in total. The van der Waals surface area contributed by atoms with E-state index < -0.39 is 0 Å². The molecule has 0 spiro atoms. The Morgan fingerprint density at radius 2 is 2.06 bits per heavy atom. The Balaban J connectivity index is 1.79. The molecule has 0 aliphatic heterocycles. The van der Waals surface area contributed by atoms with Crippen molar-refractivity contribution in [2.75, 3.05) is 13.7 Å². The van der Waals surface area contributed by atoms with E-state index in [1.54, 1.807) is 0 Å². The van der Waals surface area contributed by atoms with Gasteiger partial charge in [-0.2, -0.15) is 5.26 Å². The number of ether oxygens (including phenoxy) is 1. The molecular formula is C14H24N2O. The molecule has 17 heavy (non-hydrogen) atoms. The average molecular weight is 236 g/mol. The lowest BCUT2D eigenvalue weighted by atomic mass is 9.81. The first-order valence-electron chi connectivity index (χ1n) is 7.00. The Kier molecular flexibility index (Phi) is 4.42. The van der Waals surface area contributed by atoms with Crippen LogP contribution in [-0.2, 0) is 4.74 Å². The molecule has 0 aromatic heterocycles. The summed E-state index contributed by atoms with van der Waals surface area (Å²) < 4.78 is 6.03. The lowest BCUT2D eigenvalue weighted by Crippen LogP contribution is -2.47. The van der Waals surface area contributed by atoms with Crippen LogP contribution in [0.5, 0.6) is 0 Å². The topological polar surface area (TPSA) is 45.0 Å². The standard InChI is InChI=1S/C14H24N2O/c1-16-14(11-15)8-4-7-13(9-14)17-10-12-5-2-3-6-12/h12-13,16H,2-10H2,1H3. The fourth-order valence-corrected chi connectivity index (χ4v) is 3.20. The summed E-state index contributed by atoms with van der Waals surface area (Å²) in [5, 5.41) is 12.5. The van der Waals surface area contributed by atoms with Gasteiger partial charge in [0.05, 0.1) is 12.2 Å². The fourth-order valence-electron chi connectivity index (χ4n) is 3.20. The molecule has 2 unspecified atom stereocenters. The van der Waals surface area contributed by atoms with Crippen molar-refractivity contribution in [1.29, 1.82) is 5.26 Å². The number of nitrogens with zero attached hydrogens (tertiary/aromatic N) is 1. The summed E-state index contributed by atoms with van der Waals surface area (Å²) in [6, 6.07) is 2.43. The molecule has 0 radical (unpaired) electrons. The van der Waals surface area contributed by atoms with Crippen LogP contribution >= 0.6 is 0 Å². The second-order valence-electron chi connectivity index (χ2n) is 5.65. The first-order chi connectivity index (χ1) is 8.28. The smallest absolute Gasteiger partial charge is 0.109 e. The first-order valence-corrected chi connectivity index (χ1v) is 7.00. The van der Waals surface area contributed by atoms with Crippen LogP contribution in [0.15, 0.2) is 0 Å². The van der Waals surface area contributed by atoms with Crippen LogP contribution in [0.4, 0.5) is 0 Å². The highest BCUT2D eigenvalue weighted by Crippen LogP contribution is 2.31. The van der Waals surface area contributed by atoms with E-state index in [0.717, 1.165) is 38.2 Å². The predicted octanol–water partition coefficient (Wildman–Crippen LogP) is 2.62. The zero-order valence-corrected chi connectivity index (χ0v) is 10.9. The average Bonchev–Trinajstić information content (AvgIpc) is 2.90. The third-order valence-corrected chi connectivity index (χ3v) is 4.44. The largest absolute Gasteiger partial charge is 0.378 e. The molecule has 3 heteroatoms. The van der Waals surface area contributed by atoms with Gasteiger partial charge in [-0.25, -0.2) is 0 Å². The Morgan fingerprint density at radius 3 is 2.71 bits per heavy atom. The van der Waals surface area contributed by atoms with E-state index in [1.165, 1.54) is 25.7 Å². The molecule has 0 heterocycles. The lowest BCUT2D eigenvalue weighted by molar-refractivity contribution is -0.00648. The summed E-state index contributed by atoms with van der Waals surface area (Å²) in [7, 11) is 1.89. The van der Waals surface area contributed by atoms with Gasteiger partial charge in [0.15, 0.2) is 0 Å². The molecule has 0 aromatic carbocycles. The van der Waals surface area contributed by atoms with E-state index in [1.807, 2.05) is 7.05 Å². The van der Waals surface area contributed by atoms with Crippen LogP contribution in [0.2, 0.25) is 0 Å². The number of nitriles is 1. The summed E-state index contributed by atoms with van der Waals surface area (Å²) in [4.78, 5) is 0. The van der Waals surface area contributed by atoms with E-state index in [2.05, 4.69) is 11.4 Å². The number of rotatable bonds is 4. The van der Waals surface area contributed by atoms with Gasteiger partial charge < -0.3 is 10.1 Å². The Bertz CT molecular complexity index is 280. The van der Waals surface area contributed by atoms with Crippen LogP contribution in [-0.4, -0.2) is 25.3 Å². The molecule has 2 aliphatic rings.